The van der Waals surface area contributed by atoms with E-state index in [-0.39, 0.29) is 5.75 Å². The van der Waals surface area contributed by atoms with Gasteiger partial charge >= 0.3 is 0 Å². The molecule has 1 saturated heterocycles. The number of β-lactam (4-membered cyclic amide) rings is 1. The Hall–Kier alpha value is -3.14. The van der Waals surface area contributed by atoms with Crippen LogP contribution in [0.4, 0.5) is 23.2 Å². The molecule has 1 aromatic heterocycles. The lowest BCUT2D eigenvalue weighted by molar-refractivity contribution is -0.132. The number of carbonyl (C=O) groups is 1. The molecule has 0 bridgehead atoms. The van der Waals surface area contributed by atoms with Crippen molar-refractivity contribution in [3.63, 3.8) is 0 Å². The Morgan fingerprint density at radius 3 is 2.60 bits per heavy atom. The number of hydrogen-bond acceptors (Lipinski definition) is 4. The van der Waals surface area contributed by atoms with Gasteiger partial charge in [0.25, 0.3) is 0 Å². The molecular formula is C20H17F4N3O3. The van der Waals surface area contributed by atoms with E-state index < -0.39 is 61.1 Å². The van der Waals surface area contributed by atoms with E-state index in [4.69, 9.17) is 4.74 Å². The number of aliphatic hydroxyl groups is 1. The highest BCUT2D eigenvalue weighted by atomic mass is 19.3. The maximum atomic E-state index is 14.8. The van der Waals surface area contributed by atoms with Gasteiger partial charge in [-0.15, -0.1) is 0 Å². The molecule has 2 heterocycles. The summed E-state index contributed by atoms with van der Waals surface area (Å²) in [5.74, 6) is -3.72. The van der Waals surface area contributed by atoms with Gasteiger partial charge in [-0.2, -0.15) is 0 Å². The van der Waals surface area contributed by atoms with Crippen LogP contribution in [0, 0.1) is 17.6 Å². The Morgan fingerprint density at radius 2 is 1.93 bits per heavy atom. The SMILES string of the molecule is O=C1C(CO)C(c2c(F)cc(OCCC(F)F)cc2F)N1c1ccc2[nH]cnc2c1. The van der Waals surface area contributed by atoms with Crippen LogP contribution in [0.5, 0.6) is 5.75 Å². The number of amides is 1. The Morgan fingerprint density at radius 1 is 1.20 bits per heavy atom. The summed E-state index contributed by atoms with van der Waals surface area (Å²) in [6.07, 6.45) is -1.68. The monoisotopic (exact) mass is 423 g/mol. The fraction of sp³-hybridized carbons (Fsp3) is 0.300. The lowest BCUT2D eigenvalue weighted by atomic mass is 9.81. The first-order valence-electron chi connectivity index (χ1n) is 9.17. The van der Waals surface area contributed by atoms with E-state index in [0.29, 0.717) is 11.2 Å². The molecule has 2 unspecified atom stereocenters. The van der Waals surface area contributed by atoms with Gasteiger partial charge in [0, 0.05) is 29.8 Å². The van der Waals surface area contributed by atoms with Crippen molar-refractivity contribution in [3.8, 4) is 5.75 Å². The number of rotatable bonds is 7. The molecule has 0 saturated carbocycles. The van der Waals surface area contributed by atoms with Crippen LogP contribution in [0.25, 0.3) is 11.0 Å². The lowest BCUT2D eigenvalue weighted by Gasteiger charge is -2.46. The molecule has 3 aromatic rings. The highest BCUT2D eigenvalue weighted by Gasteiger charge is 2.50. The second-order valence-corrected chi connectivity index (χ2v) is 6.87. The van der Waals surface area contributed by atoms with Crippen LogP contribution in [-0.2, 0) is 4.79 Å². The number of anilines is 1. The number of aliphatic hydroxyl groups excluding tert-OH is 1. The van der Waals surface area contributed by atoms with E-state index in [9.17, 15) is 27.5 Å². The van der Waals surface area contributed by atoms with Crippen molar-refractivity contribution in [2.24, 2.45) is 5.92 Å². The molecule has 1 aliphatic heterocycles. The molecule has 30 heavy (non-hydrogen) atoms. The van der Waals surface area contributed by atoms with Crippen molar-refractivity contribution >= 4 is 22.6 Å². The summed E-state index contributed by atoms with van der Waals surface area (Å²) in [5, 5.41) is 9.59. The predicted octanol–water partition coefficient (Wildman–Crippen LogP) is 3.57. The molecule has 158 valence electrons. The number of benzene rings is 2. The molecule has 1 fully saturated rings. The fourth-order valence-corrected chi connectivity index (χ4v) is 3.61. The summed E-state index contributed by atoms with van der Waals surface area (Å²) < 4.78 is 59.0. The Kier molecular flexibility index (Phi) is 5.33. The van der Waals surface area contributed by atoms with Gasteiger partial charge in [0.1, 0.15) is 17.4 Å². The number of aromatic amines is 1. The Balaban J connectivity index is 1.66. The van der Waals surface area contributed by atoms with Gasteiger partial charge in [-0.1, -0.05) is 0 Å². The summed E-state index contributed by atoms with van der Waals surface area (Å²) in [5.41, 5.74) is 1.27. The van der Waals surface area contributed by atoms with Crippen LogP contribution in [0.3, 0.4) is 0 Å². The molecule has 1 aliphatic rings. The van der Waals surface area contributed by atoms with Crippen LogP contribution >= 0.6 is 0 Å². The molecule has 4 rings (SSSR count). The smallest absolute Gasteiger partial charge is 0.241 e. The maximum Gasteiger partial charge on any atom is 0.241 e. The summed E-state index contributed by atoms with van der Waals surface area (Å²) in [6.45, 7) is -0.983. The summed E-state index contributed by atoms with van der Waals surface area (Å²) in [4.78, 5) is 20.8. The van der Waals surface area contributed by atoms with Gasteiger partial charge in [-0.25, -0.2) is 22.5 Å². The second-order valence-electron chi connectivity index (χ2n) is 6.87. The van der Waals surface area contributed by atoms with Gasteiger partial charge in [0.15, 0.2) is 0 Å². The largest absolute Gasteiger partial charge is 0.493 e. The number of fused-ring (bicyclic) bond motifs is 1. The van der Waals surface area contributed by atoms with Crippen LogP contribution in [-0.4, -0.2) is 40.6 Å². The first-order valence-corrected chi connectivity index (χ1v) is 9.17. The number of aromatic nitrogens is 2. The van der Waals surface area contributed by atoms with Gasteiger partial charge in [-0.3, -0.25) is 4.79 Å². The molecular weight excluding hydrogens is 406 g/mol. The standard InChI is InChI=1S/C20H17F4N3O3/c21-13-6-11(30-4-3-17(23)24)7-14(22)18(13)19-12(8-28)20(29)27(19)10-1-2-15-16(5-10)26-9-25-15/h1-2,5-7,9,12,17,19,28H,3-4,8H2,(H,25,26). The van der Waals surface area contributed by atoms with Gasteiger partial charge < -0.3 is 19.7 Å². The van der Waals surface area contributed by atoms with Gasteiger partial charge in [-0.05, 0) is 18.2 Å². The third-order valence-corrected chi connectivity index (χ3v) is 5.05. The molecule has 1 amide bonds. The number of H-pyrrole nitrogens is 1. The number of alkyl halides is 2. The normalized spacial score (nSPS) is 18.9. The topological polar surface area (TPSA) is 78.5 Å². The van der Waals surface area contributed by atoms with Crippen LogP contribution in [0.15, 0.2) is 36.7 Å². The molecule has 2 N–H and O–H groups in total. The molecule has 2 atom stereocenters. The third-order valence-electron chi connectivity index (χ3n) is 5.05. The number of carbonyl (C=O) groups excluding carboxylic acids is 1. The van der Waals surface area contributed by atoms with E-state index in [2.05, 4.69) is 9.97 Å². The summed E-state index contributed by atoms with van der Waals surface area (Å²) in [6, 6.07) is 5.58. The minimum atomic E-state index is -2.59. The van der Waals surface area contributed by atoms with Crippen molar-refractivity contribution in [2.45, 2.75) is 18.9 Å². The minimum Gasteiger partial charge on any atom is -0.493 e. The first-order chi connectivity index (χ1) is 14.4. The van der Waals surface area contributed by atoms with Gasteiger partial charge in [0.2, 0.25) is 12.3 Å². The maximum absolute atomic E-state index is 14.8. The summed E-state index contributed by atoms with van der Waals surface area (Å²) in [7, 11) is 0. The average Bonchev–Trinajstić information content (AvgIpc) is 3.15. The van der Waals surface area contributed by atoms with Crippen molar-refractivity contribution in [3.05, 3.63) is 53.9 Å². The lowest BCUT2D eigenvalue weighted by Crippen LogP contribution is -2.57. The van der Waals surface area contributed by atoms with Crippen molar-refractivity contribution in [1.82, 2.24) is 9.97 Å². The molecule has 2 aromatic carbocycles. The van der Waals surface area contributed by atoms with E-state index >= 15 is 0 Å². The molecule has 0 radical (unpaired) electrons. The zero-order valence-electron chi connectivity index (χ0n) is 15.5. The zero-order valence-corrected chi connectivity index (χ0v) is 15.5. The number of nitrogens with one attached hydrogen (secondary N) is 1. The third kappa shape index (κ3) is 3.47. The Labute approximate surface area is 168 Å². The number of ether oxygens (including phenoxy) is 1. The van der Waals surface area contributed by atoms with Crippen LogP contribution in [0.2, 0.25) is 0 Å². The molecule has 0 spiro atoms. The minimum absolute atomic E-state index is 0.231. The van der Waals surface area contributed by atoms with Crippen molar-refractivity contribution in [2.75, 3.05) is 18.1 Å². The Bertz CT molecular complexity index is 1070. The second kappa shape index (κ2) is 7.94. The first kappa shape index (κ1) is 20.1. The highest BCUT2D eigenvalue weighted by Crippen LogP contribution is 2.45. The molecule has 6 nitrogen and oxygen atoms in total. The van der Waals surface area contributed by atoms with E-state index in [1.165, 1.54) is 11.2 Å². The van der Waals surface area contributed by atoms with Gasteiger partial charge in [0.05, 0.1) is 42.5 Å². The van der Waals surface area contributed by atoms with Crippen molar-refractivity contribution < 1.29 is 32.2 Å². The quantitative estimate of drug-likeness (QED) is 0.450. The fourth-order valence-electron chi connectivity index (χ4n) is 3.61. The number of hydrogen-bond donors (Lipinski definition) is 2. The average molecular weight is 423 g/mol. The van der Waals surface area contributed by atoms with E-state index in [1.807, 2.05) is 0 Å². The van der Waals surface area contributed by atoms with Crippen LogP contribution in [0.1, 0.15) is 18.0 Å². The summed E-state index contributed by atoms with van der Waals surface area (Å²) >= 11 is 0. The highest BCUT2D eigenvalue weighted by molar-refractivity contribution is 6.04. The zero-order chi connectivity index (χ0) is 21.4. The molecule has 10 heteroatoms. The van der Waals surface area contributed by atoms with Crippen molar-refractivity contribution in [1.29, 1.82) is 0 Å². The number of halogens is 4. The molecule has 0 aliphatic carbocycles. The predicted molar refractivity (Wildman–Crippen MR) is 99.4 cm³/mol. The van der Waals surface area contributed by atoms with E-state index in [1.54, 1.807) is 18.2 Å². The number of imidazole rings is 1. The van der Waals surface area contributed by atoms with Crippen LogP contribution < -0.4 is 9.64 Å². The van der Waals surface area contributed by atoms with E-state index in [0.717, 1.165) is 17.6 Å². The number of nitrogens with zero attached hydrogens (tertiary/aromatic N) is 2.